The summed E-state index contributed by atoms with van der Waals surface area (Å²) >= 11 is 0. The maximum absolute atomic E-state index is 3.45. The zero-order valence-electron chi connectivity index (χ0n) is 10.0. The summed E-state index contributed by atoms with van der Waals surface area (Å²) in [5.74, 6) is 0.833. The summed E-state index contributed by atoms with van der Waals surface area (Å²) in [5.41, 5.74) is 3.34. The van der Waals surface area contributed by atoms with E-state index in [0.717, 1.165) is 12.5 Å². The molecule has 0 aromatic heterocycles. The third-order valence-corrected chi connectivity index (χ3v) is 3.73. The van der Waals surface area contributed by atoms with Crippen molar-refractivity contribution in [2.75, 3.05) is 13.1 Å². The molecule has 0 spiro atoms. The van der Waals surface area contributed by atoms with Crippen molar-refractivity contribution in [3.05, 3.63) is 35.4 Å². The molecule has 1 fully saturated rings. The number of hydrogen-bond acceptors (Lipinski definition) is 1. The molecule has 0 saturated heterocycles. The van der Waals surface area contributed by atoms with Crippen LogP contribution in [0.1, 0.15) is 31.4 Å². The molecule has 1 aromatic rings. The molecule has 82 valence electrons. The van der Waals surface area contributed by atoms with E-state index < -0.39 is 0 Å². The summed E-state index contributed by atoms with van der Waals surface area (Å²) in [4.78, 5) is 0. The van der Waals surface area contributed by atoms with Gasteiger partial charge in [0, 0.05) is 0 Å². The van der Waals surface area contributed by atoms with E-state index in [0.29, 0.717) is 5.41 Å². The van der Waals surface area contributed by atoms with Crippen LogP contribution in [0.3, 0.4) is 0 Å². The highest BCUT2D eigenvalue weighted by Crippen LogP contribution is 2.53. The van der Waals surface area contributed by atoms with Gasteiger partial charge in [-0.2, -0.15) is 0 Å². The van der Waals surface area contributed by atoms with Crippen LogP contribution >= 0.6 is 0 Å². The minimum absolute atomic E-state index is 0.439. The number of benzene rings is 1. The third-order valence-electron chi connectivity index (χ3n) is 3.73. The maximum Gasteiger partial charge on any atom is -0.00119 e. The Balaban J connectivity index is 2.06. The van der Waals surface area contributed by atoms with Gasteiger partial charge in [0.25, 0.3) is 0 Å². The molecule has 0 amide bonds. The normalized spacial score (nSPS) is 29.1. The fraction of sp³-hybridized carbons (Fsp3) is 0.571. The van der Waals surface area contributed by atoms with E-state index in [1.165, 1.54) is 24.1 Å². The molecule has 0 aliphatic heterocycles. The second-order valence-corrected chi connectivity index (χ2v) is 5.00. The Bertz CT molecular complexity index is 345. The monoisotopic (exact) mass is 203 g/mol. The van der Waals surface area contributed by atoms with Crippen LogP contribution in [0, 0.1) is 12.8 Å². The molecule has 1 aliphatic carbocycles. The molecule has 2 atom stereocenters. The molecule has 1 aliphatic rings. The van der Waals surface area contributed by atoms with Crippen molar-refractivity contribution in [1.82, 2.24) is 5.32 Å². The van der Waals surface area contributed by atoms with E-state index >= 15 is 0 Å². The van der Waals surface area contributed by atoms with Gasteiger partial charge in [0.05, 0.1) is 0 Å². The molecule has 0 heterocycles. The molecule has 1 aromatic carbocycles. The fourth-order valence-corrected chi connectivity index (χ4v) is 2.42. The highest BCUT2D eigenvalue weighted by atomic mass is 14.9. The highest BCUT2D eigenvalue weighted by Gasteiger charge is 2.50. The van der Waals surface area contributed by atoms with Crippen LogP contribution in [0.5, 0.6) is 0 Å². The van der Waals surface area contributed by atoms with Gasteiger partial charge in [0.15, 0.2) is 0 Å². The summed E-state index contributed by atoms with van der Waals surface area (Å²) in [6.07, 6.45) is 1.34. The van der Waals surface area contributed by atoms with Gasteiger partial charge in [0.1, 0.15) is 0 Å². The quantitative estimate of drug-likeness (QED) is 0.793. The average molecular weight is 203 g/mol. The predicted octanol–water partition coefficient (Wildman–Crippen LogP) is 2.88. The first-order valence-corrected chi connectivity index (χ1v) is 5.94. The van der Waals surface area contributed by atoms with Gasteiger partial charge in [-0.05, 0) is 43.3 Å². The van der Waals surface area contributed by atoms with Gasteiger partial charge in [-0.3, -0.25) is 0 Å². The number of nitrogens with one attached hydrogen (secondary N) is 1. The van der Waals surface area contributed by atoms with E-state index in [2.05, 4.69) is 50.4 Å². The zero-order valence-corrected chi connectivity index (χ0v) is 10.0. The van der Waals surface area contributed by atoms with Crippen LogP contribution in [0.15, 0.2) is 24.3 Å². The number of hydrogen-bond donors (Lipinski definition) is 1. The molecule has 2 unspecified atom stereocenters. The lowest BCUT2D eigenvalue weighted by molar-refractivity contribution is 0.591. The van der Waals surface area contributed by atoms with E-state index in [1.807, 2.05) is 0 Å². The molecule has 0 radical (unpaired) electrons. The van der Waals surface area contributed by atoms with E-state index in [-0.39, 0.29) is 0 Å². The van der Waals surface area contributed by atoms with Gasteiger partial charge < -0.3 is 5.32 Å². The van der Waals surface area contributed by atoms with E-state index in [1.54, 1.807) is 0 Å². The lowest BCUT2D eigenvalue weighted by atomic mass is 9.94. The molecule has 15 heavy (non-hydrogen) atoms. The molecule has 1 N–H and O–H groups in total. The number of rotatable bonds is 4. The summed E-state index contributed by atoms with van der Waals surface area (Å²) < 4.78 is 0. The topological polar surface area (TPSA) is 12.0 Å². The fourth-order valence-electron chi connectivity index (χ4n) is 2.42. The van der Waals surface area contributed by atoms with Crippen LogP contribution in [0.4, 0.5) is 0 Å². The van der Waals surface area contributed by atoms with Crippen LogP contribution < -0.4 is 5.32 Å². The summed E-state index contributed by atoms with van der Waals surface area (Å²) in [5, 5.41) is 3.45. The maximum atomic E-state index is 3.45. The van der Waals surface area contributed by atoms with Crippen LogP contribution in [0.2, 0.25) is 0 Å². The van der Waals surface area contributed by atoms with E-state index in [9.17, 15) is 0 Å². The molecule has 2 rings (SSSR count). The molecular formula is C14H21N. The molecular weight excluding hydrogens is 182 g/mol. The summed E-state index contributed by atoms with van der Waals surface area (Å²) in [6.45, 7) is 8.99. The SMILES string of the molecule is CCNCC1CC1(C)c1cccc(C)c1. The Labute approximate surface area is 92.9 Å². The Morgan fingerprint density at radius 1 is 1.47 bits per heavy atom. The molecule has 0 bridgehead atoms. The van der Waals surface area contributed by atoms with Crippen molar-refractivity contribution < 1.29 is 0 Å². The van der Waals surface area contributed by atoms with E-state index in [4.69, 9.17) is 0 Å². The highest BCUT2D eigenvalue weighted by molar-refractivity contribution is 5.35. The molecule has 1 nitrogen and oxygen atoms in total. The van der Waals surface area contributed by atoms with Crippen molar-refractivity contribution in [2.45, 2.75) is 32.6 Å². The van der Waals surface area contributed by atoms with Crippen LogP contribution in [-0.4, -0.2) is 13.1 Å². The van der Waals surface area contributed by atoms with Gasteiger partial charge in [0.2, 0.25) is 0 Å². The lowest BCUT2D eigenvalue weighted by Gasteiger charge is -2.12. The zero-order chi connectivity index (χ0) is 10.9. The Morgan fingerprint density at radius 2 is 2.27 bits per heavy atom. The van der Waals surface area contributed by atoms with Crippen molar-refractivity contribution >= 4 is 0 Å². The summed E-state index contributed by atoms with van der Waals surface area (Å²) in [6, 6.07) is 8.97. The average Bonchev–Trinajstić information content (AvgIpc) is 2.88. The van der Waals surface area contributed by atoms with Gasteiger partial charge in [-0.1, -0.05) is 43.7 Å². The number of aryl methyl sites for hydroxylation is 1. The van der Waals surface area contributed by atoms with Crippen molar-refractivity contribution in [3.63, 3.8) is 0 Å². The van der Waals surface area contributed by atoms with Gasteiger partial charge in [-0.15, -0.1) is 0 Å². The Hall–Kier alpha value is -0.820. The second-order valence-electron chi connectivity index (χ2n) is 5.00. The van der Waals surface area contributed by atoms with Crippen molar-refractivity contribution in [1.29, 1.82) is 0 Å². The van der Waals surface area contributed by atoms with Crippen molar-refractivity contribution in [3.8, 4) is 0 Å². The third kappa shape index (κ3) is 2.07. The minimum atomic E-state index is 0.439. The summed E-state index contributed by atoms with van der Waals surface area (Å²) in [7, 11) is 0. The molecule has 1 saturated carbocycles. The predicted molar refractivity (Wildman–Crippen MR) is 65.2 cm³/mol. The smallest absolute Gasteiger partial charge is 0.00119 e. The van der Waals surface area contributed by atoms with Crippen molar-refractivity contribution in [2.24, 2.45) is 5.92 Å². The Morgan fingerprint density at radius 3 is 2.93 bits per heavy atom. The first-order chi connectivity index (χ1) is 7.16. The largest absolute Gasteiger partial charge is 0.317 e. The first kappa shape index (κ1) is 10.7. The standard InChI is InChI=1S/C14H21N/c1-4-15-10-13-9-14(13,3)12-7-5-6-11(2)8-12/h5-8,13,15H,4,9-10H2,1-3H3. The second kappa shape index (κ2) is 3.97. The first-order valence-electron chi connectivity index (χ1n) is 5.94. The van der Waals surface area contributed by atoms with Crippen LogP contribution in [0.25, 0.3) is 0 Å². The molecule has 1 heteroatoms. The minimum Gasteiger partial charge on any atom is -0.317 e. The van der Waals surface area contributed by atoms with Gasteiger partial charge in [-0.25, -0.2) is 0 Å². The van der Waals surface area contributed by atoms with Crippen LogP contribution in [-0.2, 0) is 5.41 Å². The lowest BCUT2D eigenvalue weighted by Crippen LogP contribution is -2.19. The van der Waals surface area contributed by atoms with Gasteiger partial charge >= 0.3 is 0 Å². The Kier molecular flexibility index (Phi) is 2.83.